The molecule has 4 rings (SSSR count). The highest BCUT2D eigenvalue weighted by molar-refractivity contribution is 8.01. The number of thioether (sulfide) groups is 1. The number of carbonyl (C=O) groups excluding carboxylic acids is 1. The van der Waals surface area contributed by atoms with E-state index in [1.165, 1.54) is 29.5 Å². The van der Waals surface area contributed by atoms with Gasteiger partial charge >= 0.3 is 0 Å². The van der Waals surface area contributed by atoms with Crippen LogP contribution >= 0.6 is 34.7 Å². The zero-order valence-electron chi connectivity index (χ0n) is 16.9. The predicted octanol–water partition coefficient (Wildman–Crippen LogP) is 4.29. The van der Waals surface area contributed by atoms with Gasteiger partial charge in [-0.15, -0.1) is 10.2 Å². The lowest BCUT2D eigenvalue weighted by Crippen LogP contribution is -2.48. The number of aromatic nitrogens is 2. The molecular weight excluding hydrogens is 492 g/mol. The number of halogens is 1. The second-order valence-corrected chi connectivity index (χ2v) is 11.4. The number of nitrogens with one attached hydrogen (secondary N) is 1. The van der Waals surface area contributed by atoms with E-state index < -0.39 is 22.0 Å². The van der Waals surface area contributed by atoms with Gasteiger partial charge in [0.05, 0.1) is 17.1 Å². The lowest BCUT2D eigenvalue weighted by molar-refractivity contribution is -0.122. The fraction of sp³-hybridized carbons (Fsp3) is 0.250. The number of hydrogen-bond acceptors (Lipinski definition) is 8. The Hall–Kier alpha value is -2.34. The van der Waals surface area contributed by atoms with Gasteiger partial charge in [-0.25, -0.2) is 8.42 Å². The van der Waals surface area contributed by atoms with Gasteiger partial charge < -0.3 is 4.74 Å². The summed E-state index contributed by atoms with van der Waals surface area (Å²) in [5.41, 5.74) is 0.277. The number of benzene rings is 2. The molecule has 1 N–H and O–H groups in total. The predicted molar refractivity (Wildman–Crippen MR) is 126 cm³/mol. The van der Waals surface area contributed by atoms with Crippen LogP contribution in [-0.2, 0) is 14.8 Å². The number of anilines is 2. The maximum absolute atomic E-state index is 13.4. The molecule has 8 nitrogen and oxygen atoms in total. The second kappa shape index (κ2) is 9.65. The number of amides is 1. The average molecular weight is 511 g/mol. The van der Waals surface area contributed by atoms with Gasteiger partial charge in [0.15, 0.2) is 10.4 Å². The van der Waals surface area contributed by atoms with E-state index in [4.69, 9.17) is 16.3 Å². The lowest BCUT2D eigenvalue weighted by atomic mass is 10.2. The molecule has 0 saturated carbocycles. The first-order valence-electron chi connectivity index (χ1n) is 9.69. The molecule has 0 fully saturated rings. The van der Waals surface area contributed by atoms with Crippen LogP contribution in [0.5, 0.6) is 5.75 Å². The van der Waals surface area contributed by atoms with E-state index in [2.05, 4.69) is 22.4 Å². The molecule has 2 aromatic carbocycles. The molecule has 1 amide bonds. The van der Waals surface area contributed by atoms with Gasteiger partial charge in [0, 0.05) is 10.8 Å². The first kappa shape index (κ1) is 22.8. The first-order valence-corrected chi connectivity index (χ1v) is 13.3. The van der Waals surface area contributed by atoms with Crippen LogP contribution in [0.2, 0.25) is 5.02 Å². The third-order valence-electron chi connectivity index (χ3n) is 4.48. The zero-order chi connectivity index (χ0) is 22.7. The molecule has 1 aliphatic heterocycles. The number of ether oxygens (including phenoxy) is 1. The topological polar surface area (TPSA) is 101 Å². The maximum atomic E-state index is 13.4. The number of fused-ring (bicyclic) bond motifs is 1. The molecule has 2 heterocycles. The fourth-order valence-corrected chi connectivity index (χ4v) is 6.34. The van der Waals surface area contributed by atoms with Crippen molar-refractivity contribution < 1.29 is 17.9 Å². The molecule has 0 unspecified atom stereocenters. The van der Waals surface area contributed by atoms with Crippen molar-refractivity contribution in [3.05, 3.63) is 53.6 Å². The highest BCUT2D eigenvalue weighted by Crippen LogP contribution is 2.39. The summed E-state index contributed by atoms with van der Waals surface area (Å²) in [7, 11) is -3.95. The van der Waals surface area contributed by atoms with Gasteiger partial charge in [-0.1, -0.05) is 59.8 Å². The van der Waals surface area contributed by atoms with E-state index in [0.717, 1.165) is 20.8 Å². The molecular formula is C20H19ClN4O4S3. The van der Waals surface area contributed by atoms with Crippen molar-refractivity contribution in [3.8, 4) is 5.75 Å². The molecule has 168 valence electrons. The van der Waals surface area contributed by atoms with Crippen molar-refractivity contribution in [2.24, 2.45) is 0 Å². The van der Waals surface area contributed by atoms with Crippen molar-refractivity contribution in [2.75, 3.05) is 21.9 Å². The zero-order valence-corrected chi connectivity index (χ0v) is 20.1. The number of carbonyl (C=O) groups is 1. The molecule has 1 aromatic heterocycles. The highest BCUT2D eigenvalue weighted by atomic mass is 35.5. The molecule has 12 heteroatoms. The summed E-state index contributed by atoms with van der Waals surface area (Å²) in [5, 5.41) is 11.4. The Morgan fingerprint density at radius 2 is 2.06 bits per heavy atom. The van der Waals surface area contributed by atoms with E-state index >= 15 is 0 Å². The fourth-order valence-electron chi connectivity index (χ4n) is 3.00. The first-order chi connectivity index (χ1) is 15.4. The van der Waals surface area contributed by atoms with Crippen molar-refractivity contribution in [3.63, 3.8) is 0 Å². The normalized spacial score (nSPS) is 15.7. The summed E-state index contributed by atoms with van der Waals surface area (Å²) in [4.78, 5) is 13.0. The molecule has 0 saturated heterocycles. The van der Waals surface area contributed by atoms with Crippen LogP contribution in [0.25, 0.3) is 0 Å². The van der Waals surface area contributed by atoms with Gasteiger partial charge in [0.2, 0.25) is 5.13 Å². The summed E-state index contributed by atoms with van der Waals surface area (Å²) in [5.74, 6) is 0.638. The van der Waals surface area contributed by atoms with E-state index in [1.807, 2.05) is 0 Å². The maximum Gasteiger partial charge on any atom is 0.269 e. The van der Waals surface area contributed by atoms with Gasteiger partial charge in [0.1, 0.15) is 5.75 Å². The van der Waals surface area contributed by atoms with Crippen LogP contribution in [0.15, 0.2) is 57.8 Å². The third kappa shape index (κ3) is 4.85. The summed E-state index contributed by atoms with van der Waals surface area (Å²) >= 11 is 8.93. The largest absolute Gasteiger partial charge is 0.476 e. The second-order valence-electron chi connectivity index (χ2n) is 6.78. The molecule has 0 bridgehead atoms. The van der Waals surface area contributed by atoms with Crippen molar-refractivity contribution in [2.45, 2.75) is 28.7 Å². The molecule has 1 aliphatic rings. The van der Waals surface area contributed by atoms with Crippen LogP contribution in [0.3, 0.4) is 0 Å². The van der Waals surface area contributed by atoms with Gasteiger partial charge in [-0.2, -0.15) is 0 Å². The summed E-state index contributed by atoms with van der Waals surface area (Å²) in [6.45, 7) is 1.85. The van der Waals surface area contributed by atoms with E-state index in [1.54, 1.807) is 42.1 Å². The van der Waals surface area contributed by atoms with Crippen LogP contribution < -0.4 is 14.4 Å². The smallest absolute Gasteiger partial charge is 0.269 e. The minimum Gasteiger partial charge on any atom is -0.476 e. The minimum absolute atomic E-state index is 0.105. The Bertz CT molecular complexity index is 1220. The Kier molecular flexibility index (Phi) is 6.89. The Balaban J connectivity index is 1.61. The molecule has 3 aromatic rings. The van der Waals surface area contributed by atoms with Crippen LogP contribution in [-0.4, -0.2) is 42.9 Å². The average Bonchev–Trinajstić information content (AvgIpc) is 3.24. The Morgan fingerprint density at radius 1 is 1.28 bits per heavy atom. The lowest BCUT2D eigenvalue weighted by Gasteiger charge is -2.34. The van der Waals surface area contributed by atoms with Gasteiger partial charge in [-0.3, -0.25) is 14.4 Å². The minimum atomic E-state index is -3.95. The molecule has 1 atom stereocenters. The summed E-state index contributed by atoms with van der Waals surface area (Å²) < 4.78 is 34.5. The van der Waals surface area contributed by atoms with E-state index in [0.29, 0.717) is 10.2 Å². The third-order valence-corrected chi connectivity index (χ3v) is 8.69. The van der Waals surface area contributed by atoms with Gasteiger partial charge in [-0.05, 0) is 36.8 Å². The van der Waals surface area contributed by atoms with Gasteiger partial charge in [0.25, 0.3) is 15.9 Å². The number of nitrogens with zero attached hydrogens (tertiary/aromatic N) is 3. The Labute approximate surface area is 199 Å². The van der Waals surface area contributed by atoms with Crippen LogP contribution in [0.1, 0.15) is 13.3 Å². The van der Waals surface area contributed by atoms with Crippen molar-refractivity contribution >= 4 is 61.4 Å². The van der Waals surface area contributed by atoms with E-state index in [-0.39, 0.29) is 22.9 Å². The molecule has 0 aliphatic carbocycles. The summed E-state index contributed by atoms with van der Waals surface area (Å²) in [6.07, 6.45) is -0.0883. The van der Waals surface area contributed by atoms with Crippen LogP contribution in [0.4, 0.5) is 10.8 Å². The van der Waals surface area contributed by atoms with Crippen molar-refractivity contribution in [1.82, 2.24) is 10.2 Å². The number of sulfonamides is 1. The highest BCUT2D eigenvalue weighted by Gasteiger charge is 2.38. The SMILES string of the molecule is CCCSc1nnc(NC(=O)[C@H]2CN(S(=O)(=O)c3ccccc3)c3cc(Cl)ccc3O2)s1. The molecule has 0 spiro atoms. The Morgan fingerprint density at radius 3 is 2.81 bits per heavy atom. The summed E-state index contributed by atoms with van der Waals surface area (Å²) in [6, 6.07) is 12.6. The van der Waals surface area contributed by atoms with E-state index in [9.17, 15) is 13.2 Å². The number of hydrogen-bond donors (Lipinski definition) is 1. The quantitative estimate of drug-likeness (QED) is 0.373. The molecule has 0 radical (unpaired) electrons. The standard InChI is InChI=1S/C20H19ClN4O4S3/c1-2-10-30-20-24-23-19(31-20)22-18(26)17-12-25(15-11-13(21)8-9-16(15)29-17)32(27,28)14-6-4-3-5-7-14/h3-9,11,17H,2,10,12H2,1H3,(H,22,23,26)/t17-/m1/s1. The monoisotopic (exact) mass is 510 g/mol. The molecule has 32 heavy (non-hydrogen) atoms. The van der Waals surface area contributed by atoms with Crippen LogP contribution in [0, 0.1) is 0 Å². The van der Waals surface area contributed by atoms with Crippen molar-refractivity contribution in [1.29, 1.82) is 0 Å². The number of rotatable bonds is 7.